The highest BCUT2D eigenvalue weighted by Gasteiger charge is 2.20. The number of benzene rings is 3. The van der Waals surface area contributed by atoms with Crippen LogP contribution in [0.15, 0.2) is 75.9 Å². The predicted molar refractivity (Wildman–Crippen MR) is 130 cm³/mol. The molecule has 0 saturated heterocycles. The summed E-state index contributed by atoms with van der Waals surface area (Å²) >= 11 is 6.00. The fourth-order valence-electron chi connectivity index (χ4n) is 3.42. The average Bonchev–Trinajstić information content (AvgIpc) is 2.84. The molecule has 7 nitrogen and oxygen atoms in total. The summed E-state index contributed by atoms with van der Waals surface area (Å²) in [7, 11) is 1.25. The maximum atomic E-state index is 13.3. The van der Waals surface area contributed by atoms with Gasteiger partial charge in [0.25, 0.3) is 5.91 Å². The molecular weight excluding hydrogens is 458 g/mol. The maximum Gasteiger partial charge on any atom is 0.339 e. The first kappa shape index (κ1) is 23.1. The Morgan fingerprint density at radius 3 is 2.50 bits per heavy atom. The first-order chi connectivity index (χ1) is 16.4. The van der Waals surface area contributed by atoms with E-state index in [1.165, 1.54) is 13.2 Å². The molecular formula is C26H20ClNO6. The summed E-state index contributed by atoms with van der Waals surface area (Å²) in [4.78, 5) is 37.9. The van der Waals surface area contributed by atoms with E-state index in [-0.39, 0.29) is 22.8 Å². The number of aryl methyl sites for hydroxylation is 1. The molecule has 0 aliphatic rings. The summed E-state index contributed by atoms with van der Waals surface area (Å²) < 4.78 is 16.4. The van der Waals surface area contributed by atoms with E-state index in [2.05, 4.69) is 5.32 Å². The first-order valence-electron chi connectivity index (χ1n) is 10.3. The molecule has 34 heavy (non-hydrogen) atoms. The number of halogens is 1. The highest BCUT2D eigenvalue weighted by molar-refractivity contribution is 6.30. The van der Waals surface area contributed by atoms with E-state index < -0.39 is 23.9 Å². The lowest BCUT2D eigenvalue weighted by molar-refractivity contribution is -0.118. The standard InChI is InChI=1S/C26H20ClNO6/c1-15-7-12-21-19(13-15)23(30)25(24(34-21)16-8-10-17(27)11-9-16)33-14-22(29)28-20-6-4-3-5-18(20)26(31)32-2/h3-13H,14H2,1-2H3,(H,28,29). The average molecular weight is 478 g/mol. The second-order valence-electron chi connectivity index (χ2n) is 7.47. The second-order valence-corrected chi connectivity index (χ2v) is 7.91. The topological polar surface area (TPSA) is 94.8 Å². The number of ether oxygens (including phenoxy) is 2. The molecule has 3 aromatic carbocycles. The Morgan fingerprint density at radius 2 is 1.76 bits per heavy atom. The van der Waals surface area contributed by atoms with Crippen molar-refractivity contribution in [3.8, 4) is 17.1 Å². The van der Waals surface area contributed by atoms with Crippen molar-refractivity contribution < 1.29 is 23.5 Å². The summed E-state index contributed by atoms with van der Waals surface area (Å²) in [5, 5.41) is 3.47. The van der Waals surface area contributed by atoms with Gasteiger partial charge in [-0.3, -0.25) is 9.59 Å². The van der Waals surface area contributed by atoms with Crippen LogP contribution < -0.4 is 15.5 Å². The second kappa shape index (κ2) is 9.80. The van der Waals surface area contributed by atoms with E-state index in [0.29, 0.717) is 21.6 Å². The number of carbonyl (C=O) groups excluding carboxylic acids is 2. The van der Waals surface area contributed by atoms with Gasteiger partial charge in [-0.2, -0.15) is 0 Å². The van der Waals surface area contributed by atoms with Gasteiger partial charge in [0.15, 0.2) is 12.4 Å². The molecule has 0 radical (unpaired) electrons. The molecule has 0 atom stereocenters. The lowest BCUT2D eigenvalue weighted by atomic mass is 10.1. The van der Waals surface area contributed by atoms with Gasteiger partial charge in [0, 0.05) is 10.6 Å². The minimum Gasteiger partial charge on any atom is -0.476 e. The van der Waals surface area contributed by atoms with Gasteiger partial charge in [-0.05, 0) is 55.5 Å². The maximum absolute atomic E-state index is 13.3. The molecule has 4 aromatic rings. The van der Waals surface area contributed by atoms with Gasteiger partial charge in [-0.25, -0.2) is 4.79 Å². The zero-order valence-electron chi connectivity index (χ0n) is 18.4. The molecule has 0 aliphatic carbocycles. The van der Waals surface area contributed by atoms with Crippen LogP contribution in [0.25, 0.3) is 22.3 Å². The van der Waals surface area contributed by atoms with Crippen molar-refractivity contribution in [1.82, 2.24) is 0 Å². The number of fused-ring (bicyclic) bond motifs is 1. The number of methoxy groups -OCH3 is 1. The van der Waals surface area contributed by atoms with Gasteiger partial charge < -0.3 is 19.2 Å². The van der Waals surface area contributed by atoms with E-state index in [1.54, 1.807) is 54.6 Å². The van der Waals surface area contributed by atoms with Crippen LogP contribution in [0.2, 0.25) is 5.02 Å². The van der Waals surface area contributed by atoms with Crippen LogP contribution >= 0.6 is 11.6 Å². The number of esters is 1. The third kappa shape index (κ3) is 4.79. The van der Waals surface area contributed by atoms with Crippen molar-refractivity contribution in [2.75, 3.05) is 19.0 Å². The lowest BCUT2D eigenvalue weighted by Gasteiger charge is -2.13. The van der Waals surface area contributed by atoms with E-state index >= 15 is 0 Å². The number of carbonyl (C=O) groups is 2. The van der Waals surface area contributed by atoms with Gasteiger partial charge in [0.05, 0.1) is 23.7 Å². The molecule has 0 bridgehead atoms. The molecule has 0 fully saturated rings. The Kier molecular flexibility index (Phi) is 6.65. The fraction of sp³-hybridized carbons (Fsp3) is 0.115. The number of hydrogen-bond donors (Lipinski definition) is 1. The van der Waals surface area contributed by atoms with Crippen molar-refractivity contribution in [2.45, 2.75) is 6.92 Å². The van der Waals surface area contributed by atoms with Crippen LogP contribution in [0.3, 0.4) is 0 Å². The van der Waals surface area contributed by atoms with Gasteiger partial charge in [0.2, 0.25) is 11.2 Å². The number of amides is 1. The fourth-order valence-corrected chi connectivity index (χ4v) is 3.54. The van der Waals surface area contributed by atoms with Crippen molar-refractivity contribution >= 4 is 40.1 Å². The zero-order valence-corrected chi connectivity index (χ0v) is 19.1. The quantitative estimate of drug-likeness (QED) is 0.382. The number of para-hydroxylation sites is 1. The van der Waals surface area contributed by atoms with Crippen molar-refractivity contribution in [3.63, 3.8) is 0 Å². The lowest BCUT2D eigenvalue weighted by Crippen LogP contribution is -2.23. The Hall–Kier alpha value is -4.10. The van der Waals surface area contributed by atoms with Crippen LogP contribution in [0.1, 0.15) is 15.9 Å². The molecule has 8 heteroatoms. The van der Waals surface area contributed by atoms with Gasteiger partial charge in [-0.15, -0.1) is 0 Å². The summed E-state index contributed by atoms with van der Waals surface area (Å²) in [5.41, 5.74) is 1.89. The molecule has 1 N–H and O–H groups in total. The Bertz CT molecular complexity index is 1440. The smallest absolute Gasteiger partial charge is 0.339 e. The third-order valence-corrected chi connectivity index (χ3v) is 5.32. The van der Waals surface area contributed by atoms with E-state index in [0.717, 1.165) is 5.56 Å². The Labute approximate surface area is 199 Å². The molecule has 1 amide bonds. The molecule has 1 heterocycles. The van der Waals surface area contributed by atoms with Gasteiger partial charge in [0.1, 0.15) is 5.58 Å². The molecule has 0 saturated carbocycles. The van der Waals surface area contributed by atoms with E-state index in [4.69, 9.17) is 25.5 Å². The van der Waals surface area contributed by atoms with Gasteiger partial charge in [-0.1, -0.05) is 35.4 Å². The number of rotatable bonds is 6. The molecule has 1 aromatic heterocycles. The number of anilines is 1. The Morgan fingerprint density at radius 1 is 1.03 bits per heavy atom. The van der Waals surface area contributed by atoms with Crippen LogP contribution in [0.5, 0.6) is 5.75 Å². The minimum absolute atomic E-state index is 0.100. The predicted octanol–water partition coefficient (Wildman–Crippen LogP) is 5.23. The van der Waals surface area contributed by atoms with E-state index in [9.17, 15) is 14.4 Å². The highest BCUT2D eigenvalue weighted by atomic mass is 35.5. The normalized spacial score (nSPS) is 10.7. The number of hydrogen-bond acceptors (Lipinski definition) is 6. The molecule has 0 unspecified atom stereocenters. The largest absolute Gasteiger partial charge is 0.476 e. The van der Waals surface area contributed by atoms with Crippen molar-refractivity contribution in [2.24, 2.45) is 0 Å². The molecule has 172 valence electrons. The zero-order chi connectivity index (χ0) is 24.2. The third-order valence-electron chi connectivity index (χ3n) is 5.06. The first-order valence-corrected chi connectivity index (χ1v) is 10.7. The van der Waals surface area contributed by atoms with Crippen LogP contribution in [0, 0.1) is 6.92 Å². The summed E-state index contributed by atoms with van der Waals surface area (Å²) in [6, 6.07) is 18.4. The van der Waals surface area contributed by atoms with Crippen LogP contribution in [-0.4, -0.2) is 25.6 Å². The van der Waals surface area contributed by atoms with Crippen LogP contribution in [0.4, 0.5) is 5.69 Å². The Balaban J connectivity index is 1.67. The van der Waals surface area contributed by atoms with Crippen LogP contribution in [-0.2, 0) is 9.53 Å². The highest BCUT2D eigenvalue weighted by Crippen LogP contribution is 2.32. The van der Waals surface area contributed by atoms with Crippen molar-refractivity contribution in [1.29, 1.82) is 0 Å². The summed E-state index contributed by atoms with van der Waals surface area (Å²) in [5.74, 6) is -1.08. The molecule has 0 spiro atoms. The molecule has 0 aliphatic heterocycles. The molecule has 4 rings (SSSR count). The monoisotopic (exact) mass is 477 g/mol. The minimum atomic E-state index is -0.590. The summed E-state index contributed by atoms with van der Waals surface area (Å²) in [6.45, 7) is 1.37. The van der Waals surface area contributed by atoms with Gasteiger partial charge >= 0.3 is 5.97 Å². The number of nitrogens with one attached hydrogen (secondary N) is 1. The SMILES string of the molecule is COC(=O)c1ccccc1NC(=O)COc1c(-c2ccc(Cl)cc2)oc2ccc(C)cc2c1=O. The van der Waals surface area contributed by atoms with E-state index in [1.807, 2.05) is 13.0 Å². The van der Waals surface area contributed by atoms with Crippen molar-refractivity contribution in [3.05, 3.63) is 93.1 Å². The summed E-state index contributed by atoms with van der Waals surface area (Å²) in [6.07, 6.45) is 0.